The van der Waals surface area contributed by atoms with E-state index in [2.05, 4.69) is 5.10 Å². The van der Waals surface area contributed by atoms with E-state index in [4.69, 9.17) is 9.84 Å². The van der Waals surface area contributed by atoms with E-state index in [0.717, 1.165) is 5.69 Å². The Hall–Kier alpha value is -1.52. The monoisotopic (exact) mass is 212 g/mol. The molecule has 0 radical (unpaired) electrons. The second-order valence-corrected chi connectivity index (χ2v) is 4.45. The van der Waals surface area contributed by atoms with E-state index in [-0.39, 0.29) is 12.0 Å². The van der Waals surface area contributed by atoms with Crippen molar-refractivity contribution in [3.05, 3.63) is 11.9 Å². The maximum atomic E-state index is 10.4. The van der Waals surface area contributed by atoms with Crippen LogP contribution in [0.4, 0.5) is 0 Å². The van der Waals surface area contributed by atoms with Crippen molar-refractivity contribution in [1.29, 1.82) is 0 Å². The minimum atomic E-state index is -0.987. The largest absolute Gasteiger partial charge is 0.479 e. The molecular formula is C10H16N2O3. The maximum Gasteiger partial charge on any atom is 0.341 e. The molecule has 0 aliphatic heterocycles. The van der Waals surface area contributed by atoms with Gasteiger partial charge >= 0.3 is 5.97 Å². The van der Waals surface area contributed by atoms with Gasteiger partial charge in [0.05, 0.1) is 6.20 Å². The molecule has 84 valence electrons. The zero-order valence-electron chi connectivity index (χ0n) is 9.44. The first kappa shape index (κ1) is 11.6. The predicted molar refractivity (Wildman–Crippen MR) is 55.0 cm³/mol. The Balaban J connectivity index is 2.91. The van der Waals surface area contributed by atoms with E-state index in [1.54, 1.807) is 17.9 Å². The molecule has 1 rings (SSSR count). The van der Waals surface area contributed by atoms with Gasteiger partial charge in [-0.25, -0.2) is 4.79 Å². The highest BCUT2D eigenvalue weighted by Gasteiger charge is 2.23. The normalized spacial score (nSPS) is 11.5. The van der Waals surface area contributed by atoms with Gasteiger partial charge in [0.2, 0.25) is 0 Å². The first-order valence-electron chi connectivity index (χ1n) is 4.69. The molecule has 0 fully saturated rings. The highest BCUT2D eigenvalue weighted by molar-refractivity contribution is 5.68. The molecule has 0 aliphatic rings. The Morgan fingerprint density at radius 1 is 1.60 bits per heavy atom. The Morgan fingerprint density at radius 2 is 2.20 bits per heavy atom. The summed E-state index contributed by atoms with van der Waals surface area (Å²) in [4.78, 5) is 10.4. The molecular weight excluding hydrogens is 196 g/mol. The van der Waals surface area contributed by atoms with Gasteiger partial charge in [-0.3, -0.25) is 4.68 Å². The number of nitrogens with zero attached hydrogens (tertiary/aromatic N) is 2. The molecule has 1 aromatic rings. The third kappa shape index (κ3) is 2.97. The molecule has 0 saturated carbocycles. The van der Waals surface area contributed by atoms with E-state index >= 15 is 0 Å². The third-order valence-corrected chi connectivity index (χ3v) is 1.86. The number of carbonyl (C=O) groups is 1. The second kappa shape index (κ2) is 3.92. The van der Waals surface area contributed by atoms with Gasteiger partial charge < -0.3 is 9.84 Å². The predicted octanol–water partition coefficient (Wildman–Crippen LogP) is 1.18. The van der Waals surface area contributed by atoms with Crippen LogP contribution in [-0.2, 0) is 17.3 Å². The fraction of sp³-hybridized carbons (Fsp3) is 0.600. The number of aliphatic carboxylic acids is 1. The molecule has 1 N–H and O–H groups in total. The van der Waals surface area contributed by atoms with Gasteiger partial charge in [-0.1, -0.05) is 20.8 Å². The van der Waals surface area contributed by atoms with E-state index < -0.39 is 5.97 Å². The lowest BCUT2D eigenvalue weighted by Crippen LogP contribution is -2.16. The van der Waals surface area contributed by atoms with Gasteiger partial charge in [0.25, 0.3) is 0 Å². The van der Waals surface area contributed by atoms with Crippen molar-refractivity contribution < 1.29 is 14.6 Å². The number of ether oxygens (including phenoxy) is 1. The average Bonchev–Trinajstić information content (AvgIpc) is 2.42. The fourth-order valence-electron chi connectivity index (χ4n) is 1.23. The number of carboxylic acid groups (broad SMARTS) is 1. The lowest BCUT2D eigenvalue weighted by molar-refractivity contribution is -0.139. The van der Waals surface area contributed by atoms with Gasteiger partial charge in [-0.2, -0.15) is 5.10 Å². The Kier molecular flexibility index (Phi) is 3.02. The Bertz CT molecular complexity index is 363. The Morgan fingerprint density at radius 3 is 2.67 bits per heavy atom. The number of aromatic nitrogens is 2. The van der Waals surface area contributed by atoms with Crippen LogP contribution in [0.25, 0.3) is 0 Å². The minimum Gasteiger partial charge on any atom is -0.479 e. The number of hydrogen-bond donors (Lipinski definition) is 1. The Labute approximate surface area is 88.7 Å². The van der Waals surface area contributed by atoms with Crippen molar-refractivity contribution >= 4 is 5.97 Å². The molecule has 0 spiro atoms. The number of aryl methyl sites for hydroxylation is 1. The van der Waals surface area contributed by atoms with Crippen LogP contribution >= 0.6 is 0 Å². The molecule has 15 heavy (non-hydrogen) atoms. The first-order chi connectivity index (χ1) is 6.80. The van der Waals surface area contributed by atoms with Gasteiger partial charge in [0, 0.05) is 12.5 Å². The summed E-state index contributed by atoms with van der Waals surface area (Å²) in [6.07, 6.45) is 1.68. The second-order valence-electron chi connectivity index (χ2n) is 4.45. The van der Waals surface area contributed by atoms with Crippen molar-refractivity contribution in [2.24, 2.45) is 7.05 Å². The molecule has 1 heterocycles. The highest BCUT2D eigenvalue weighted by atomic mass is 16.5. The van der Waals surface area contributed by atoms with Crippen LogP contribution < -0.4 is 4.74 Å². The van der Waals surface area contributed by atoms with Crippen LogP contribution in [0.2, 0.25) is 0 Å². The van der Waals surface area contributed by atoms with Gasteiger partial charge in [0.1, 0.15) is 5.69 Å². The van der Waals surface area contributed by atoms with Crippen LogP contribution in [0, 0.1) is 0 Å². The standard InChI is InChI=1S/C10H16N2O3/c1-10(2,3)9-7(5-12(4)11-9)15-6-8(13)14/h5H,6H2,1-4H3,(H,13,14). The van der Waals surface area contributed by atoms with Crippen LogP contribution in [0.1, 0.15) is 26.5 Å². The summed E-state index contributed by atoms with van der Waals surface area (Å²) >= 11 is 0. The SMILES string of the molecule is Cn1cc(OCC(=O)O)c(C(C)(C)C)n1. The lowest BCUT2D eigenvalue weighted by atomic mass is 9.92. The van der Waals surface area contributed by atoms with Gasteiger partial charge in [0.15, 0.2) is 12.4 Å². The molecule has 0 bridgehead atoms. The zero-order valence-corrected chi connectivity index (χ0v) is 9.44. The molecule has 0 aromatic carbocycles. The summed E-state index contributed by atoms with van der Waals surface area (Å²) in [7, 11) is 1.78. The number of hydrogen-bond acceptors (Lipinski definition) is 3. The topological polar surface area (TPSA) is 64.3 Å². The molecule has 1 aromatic heterocycles. The third-order valence-electron chi connectivity index (χ3n) is 1.86. The number of carboxylic acids is 1. The zero-order chi connectivity index (χ0) is 11.6. The molecule has 5 heteroatoms. The van der Waals surface area contributed by atoms with Crippen molar-refractivity contribution in [1.82, 2.24) is 9.78 Å². The van der Waals surface area contributed by atoms with E-state index in [0.29, 0.717) is 5.75 Å². The molecule has 5 nitrogen and oxygen atoms in total. The van der Waals surface area contributed by atoms with Crippen molar-refractivity contribution in [3.63, 3.8) is 0 Å². The summed E-state index contributed by atoms with van der Waals surface area (Å²) < 4.78 is 6.79. The number of rotatable bonds is 3. The average molecular weight is 212 g/mol. The van der Waals surface area contributed by atoms with Crippen LogP contribution in [0.5, 0.6) is 5.75 Å². The molecule has 0 unspecified atom stereocenters. The summed E-state index contributed by atoms with van der Waals surface area (Å²) in [6.45, 7) is 5.67. The highest BCUT2D eigenvalue weighted by Crippen LogP contribution is 2.29. The lowest BCUT2D eigenvalue weighted by Gasteiger charge is -2.16. The van der Waals surface area contributed by atoms with Crippen LogP contribution in [0.3, 0.4) is 0 Å². The smallest absolute Gasteiger partial charge is 0.341 e. The van der Waals surface area contributed by atoms with Crippen molar-refractivity contribution in [2.45, 2.75) is 26.2 Å². The van der Waals surface area contributed by atoms with E-state index in [1.165, 1.54) is 0 Å². The van der Waals surface area contributed by atoms with Crippen molar-refractivity contribution in [3.8, 4) is 5.75 Å². The summed E-state index contributed by atoms with van der Waals surface area (Å²) in [5, 5.41) is 12.8. The summed E-state index contributed by atoms with van der Waals surface area (Å²) in [5.41, 5.74) is 0.612. The first-order valence-corrected chi connectivity index (χ1v) is 4.69. The fourth-order valence-corrected chi connectivity index (χ4v) is 1.23. The van der Waals surface area contributed by atoms with Gasteiger partial charge in [-0.15, -0.1) is 0 Å². The molecule has 0 amide bonds. The molecule has 0 atom stereocenters. The van der Waals surface area contributed by atoms with Crippen LogP contribution in [0.15, 0.2) is 6.20 Å². The van der Waals surface area contributed by atoms with Crippen LogP contribution in [-0.4, -0.2) is 27.5 Å². The van der Waals surface area contributed by atoms with E-state index in [9.17, 15) is 4.79 Å². The molecule has 0 aliphatic carbocycles. The molecule has 0 saturated heterocycles. The maximum absolute atomic E-state index is 10.4. The summed E-state index contributed by atoms with van der Waals surface area (Å²) in [5.74, 6) is -0.453. The van der Waals surface area contributed by atoms with Crippen molar-refractivity contribution in [2.75, 3.05) is 6.61 Å². The minimum absolute atomic E-state index is 0.158. The van der Waals surface area contributed by atoms with E-state index in [1.807, 2.05) is 20.8 Å². The summed E-state index contributed by atoms with van der Waals surface area (Å²) in [6, 6.07) is 0. The quantitative estimate of drug-likeness (QED) is 0.817. The van der Waals surface area contributed by atoms with Gasteiger partial charge in [-0.05, 0) is 0 Å².